The number of nitrogens with zero attached hydrogens (tertiary/aromatic N) is 2. The lowest BCUT2D eigenvalue weighted by Gasteiger charge is -2.37. The van der Waals surface area contributed by atoms with Gasteiger partial charge in [-0.15, -0.1) is 0 Å². The molecular formula is C16H19ClF2N4O2. The summed E-state index contributed by atoms with van der Waals surface area (Å²) < 4.78 is 29.8. The van der Waals surface area contributed by atoms with Gasteiger partial charge in [-0.05, 0) is 25.0 Å². The number of aliphatic hydroxyl groups is 1. The summed E-state index contributed by atoms with van der Waals surface area (Å²) >= 11 is 5.98. The number of carbonyl (C=O) groups excluding carboxylic acids is 1. The second-order valence-electron chi connectivity index (χ2n) is 6.22. The molecule has 2 heterocycles. The number of likely N-dealkylation sites (tertiary alicyclic amines) is 1. The van der Waals surface area contributed by atoms with E-state index >= 15 is 0 Å². The quantitative estimate of drug-likeness (QED) is 0.774. The zero-order valence-electron chi connectivity index (χ0n) is 13.6. The van der Waals surface area contributed by atoms with E-state index in [1.165, 1.54) is 24.2 Å². The number of urea groups is 1. The van der Waals surface area contributed by atoms with Gasteiger partial charge in [-0.3, -0.25) is 5.10 Å². The fraction of sp³-hybridized carbons (Fsp3) is 0.500. The van der Waals surface area contributed by atoms with Gasteiger partial charge in [0.2, 0.25) is 0 Å². The average molecular weight is 373 g/mol. The summed E-state index contributed by atoms with van der Waals surface area (Å²) in [6, 6.07) is 2.65. The zero-order chi connectivity index (χ0) is 18.2. The highest BCUT2D eigenvalue weighted by molar-refractivity contribution is 6.31. The molecule has 1 aliphatic heterocycles. The van der Waals surface area contributed by atoms with Crippen LogP contribution in [0.2, 0.25) is 5.02 Å². The number of rotatable bonds is 3. The van der Waals surface area contributed by atoms with Crippen LogP contribution in [0.3, 0.4) is 0 Å². The predicted molar refractivity (Wildman–Crippen MR) is 89.8 cm³/mol. The van der Waals surface area contributed by atoms with Gasteiger partial charge in [0, 0.05) is 42.0 Å². The molecule has 0 unspecified atom stereocenters. The third kappa shape index (κ3) is 3.28. The molecule has 1 atom stereocenters. The Hall–Kier alpha value is -1.93. The first-order chi connectivity index (χ1) is 11.8. The molecule has 6 nitrogen and oxygen atoms in total. The van der Waals surface area contributed by atoms with Gasteiger partial charge in [0.05, 0.1) is 11.7 Å². The van der Waals surface area contributed by atoms with E-state index in [2.05, 4.69) is 15.5 Å². The third-order valence-electron chi connectivity index (χ3n) is 4.74. The Labute approximate surface area is 148 Å². The van der Waals surface area contributed by atoms with Gasteiger partial charge in [0.15, 0.2) is 0 Å². The predicted octanol–water partition coefficient (Wildman–Crippen LogP) is 2.94. The van der Waals surface area contributed by atoms with Gasteiger partial charge in [0.1, 0.15) is 6.10 Å². The number of fused-ring (bicyclic) bond motifs is 1. The van der Waals surface area contributed by atoms with Gasteiger partial charge < -0.3 is 15.3 Å². The summed E-state index contributed by atoms with van der Waals surface area (Å²) in [4.78, 5) is 13.1. The number of H-pyrrole nitrogens is 1. The minimum atomic E-state index is -3.35. The highest BCUT2D eigenvalue weighted by Gasteiger charge is 2.48. The van der Waals surface area contributed by atoms with E-state index in [1.54, 1.807) is 6.07 Å². The summed E-state index contributed by atoms with van der Waals surface area (Å²) in [5, 5.41) is 20.2. The minimum absolute atomic E-state index is 0.0266. The van der Waals surface area contributed by atoms with Crippen molar-refractivity contribution in [1.82, 2.24) is 20.4 Å². The largest absolute Gasteiger partial charge is 0.382 e. The van der Waals surface area contributed by atoms with E-state index in [0.717, 1.165) is 0 Å². The van der Waals surface area contributed by atoms with E-state index < -0.39 is 17.9 Å². The van der Waals surface area contributed by atoms with Crippen molar-refractivity contribution in [3.63, 3.8) is 0 Å². The number of amides is 2. The molecule has 9 heteroatoms. The van der Waals surface area contributed by atoms with Crippen LogP contribution in [-0.4, -0.2) is 52.3 Å². The van der Waals surface area contributed by atoms with Crippen molar-refractivity contribution >= 4 is 28.5 Å². The number of aliphatic hydroxyl groups excluding tert-OH is 1. The molecule has 0 radical (unpaired) electrons. The van der Waals surface area contributed by atoms with E-state index in [1.807, 2.05) is 0 Å². The average Bonchev–Trinajstić information content (AvgIpc) is 3.08. The van der Waals surface area contributed by atoms with Crippen LogP contribution in [-0.2, 0) is 0 Å². The standard InChI is InChI=1S/C16H19ClF2N4O2/c1-20-15(25)23-4-2-10(3-5-23)16(18,19)14(24)12-7-11(17)6-9-8-21-22-13(9)12/h6-8,10,14,24H,2-5H2,1H3,(H,20,25)(H,21,22)/t14-/m1/s1. The van der Waals surface area contributed by atoms with Crippen LogP contribution in [0.1, 0.15) is 24.5 Å². The van der Waals surface area contributed by atoms with Gasteiger partial charge in [-0.1, -0.05) is 11.6 Å². The van der Waals surface area contributed by atoms with Crippen LogP contribution >= 0.6 is 11.6 Å². The highest BCUT2D eigenvalue weighted by Crippen LogP contribution is 2.44. The van der Waals surface area contributed by atoms with Crippen molar-refractivity contribution in [3.8, 4) is 0 Å². The van der Waals surface area contributed by atoms with Gasteiger partial charge in [-0.25, -0.2) is 13.6 Å². The molecule has 1 aromatic carbocycles. The molecule has 0 saturated carbocycles. The molecular weight excluding hydrogens is 354 g/mol. The highest BCUT2D eigenvalue weighted by atomic mass is 35.5. The van der Waals surface area contributed by atoms with Crippen LogP contribution in [0.4, 0.5) is 13.6 Å². The van der Waals surface area contributed by atoms with Gasteiger partial charge in [-0.2, -0.15) is 5.10 Å². The molecule has 3 N–H and O–H groups in total. The van der Waals surface area contributed by atoms with Gasteiger partial charge in [0.25, 0.3) is 5.92 Å². The molecule has 3 rings (SSSR count). The number of piperidine rings is 1. The van der Waals surface area contributed by atoms with E-state index in [4.69, 9.17) is 11.6 Å². The fourth-order valence-corrected chi connectivity index (χ4v) is 3.55. The lowest BCUT2D eigenvalue weighted by Crippen LogP contribution is -2.47. The smallest absolute Gasteiger partial charge is 0.317 e. The Balaban J connectivity index is 1.82. The SMILES string of the molecule is CNC(=O)N1CCC(C(F)(F)[C@H](O)c2cc(Cl)cc3cn[nH]c23)CC1. The number of halogens is 3. The molecule has 0 bridgehead atoms. The summed E-state index contributed by atoms with van der Waals surface area (Å²) in [7, 11) is 1.50. The van der Waals surface area contributed by atoms with Crippen molar-refractivity contribution in [2.75, 3.05) is 20.1 Å². The Kier molecular flexibility index (Phi) is 4.83. The number of nitrogens with one attached hydrogen (secondary N) is 2. The lowest BCUT2D eigenvalue weighted by molar-refractivity contribution is -0.159. The number of alkyl halides is 2. The molecule has 1 fully saturated rings. The van der Waals surface area contributed by atoms with Crippen molar-refractivity contribution in [1.29, 1.82) is 0 Å². The van der Waals surface area contributed by atoms with Crippen molar-refractivity contribution in [2.24, 2.45) is 5.92 Å². The summed E-state index contributed by atoms with van der Waals surface area (Å²) in [5.41, 5.74) is 0.373. The number of carbonyl (C=O) groups is 1. The maximum Gasteiger partial charge on any atom is 0.317 e. The van der Waals surface area contributed by atoms with E-state index in [9.17, 15) is 18.7 Å². The molecule has 1 aromatic heterocycles. The van der Waals surface area contributed by atoms with Crippen molar-refractivity contribution < 1.29 is 18.7 Å². The second kappa shape index (κ2) is 6.76. The maximum absolute atomic E-state index is 14.9. The third-order valence-corrected chi connectivity index (χ3v) is 4.96. The maximum atomic E-state index is 14.9. The number of hydrogen-bond acceptors (Lipinski definition) is 3. The van der Waals surface area contributed by atoms with E-state index in [0.29, 0.717) is 10.9 Å². The molecule has 136 valence electrons. The molecule has 1 saturated heterocycles. The van der Waals surface area contributed by atoms with Crippen LogP contribution in [0.5, 0.6) is 0 Å². The number of benzene rings is 1. The van der Waals surface area contributed by atoms with Crippen molar-refractivity contribution in [2.45, 2.75) is 24.9 Å². The van der Waals surface area contributed by atoms with Crippen LogP contribution in [0.15, 0.2) is 18.3 Å². The first kappa shape index (κ1) is 17.9. The molecule has 25 heavy (non-hydrogen) atoms. The van der Waals surface area contributed by atoms with Crippen LogP contribution in [0.25, 0.3) is 10.9 Å². The van der Waals surface area contributed by atoms with Gasteiger partial charge >= 0.3 is 6.03 Å². The molecule has 2 aromatic rings. The monoisotopic (exact) mass is 372 g/mol. The minimum Gasteiger partial charge on any atom is -0.382 e. The second-order valence-corrected chi connectivity index (χ2v) is 6.66. The normalized spacial score (nSPS) is 17.7. The van der Waals surface area contributed by atoms with Crippen LogP contribution in [0, 0.1) is 5.92 Å². The summed E-state index contributed by atoms with van der Waals surface area (Å²) in [5.74, 6) is -4.38. The fourth-order valence-electron chi connectivity index (χ4n) is 3.32. The Morgan fingerprint density at radius 3 is 2.80 bits per heavy atom. The Bertz CT molecular complexity index is 775. The van der Waals surface area contributed by atoms with E-state index in [-0.39, 0.29) is 42.5 Å². The summed E-state index contributed by atoms with van der Waals surface area (Å²) in [6.07, 6.45) is -0.308. The van der Waals surface area contributed by atoms with Crippen LogP contribution < -0.4 is 5.32 Å². The number of aromatic amines is 1. The molecule has 1 aliphatic rings. The zero-order valence-corrected chi connectivity index (χ0v) is 14.4. The van der Waals surface area contributed by atoms with Crippen molar-refractivity contribution in [3.05, 3.63) is 28.9 Å². The molecule has 0 aliphatic carbocycles. The topological polar surface area (TPSA) is 81.2 Å². The number of hydrogen-bond donors (Lipinski definition) is 3. The lowest BCUT2D eigenvalue weighted by atomic mass is 9.85. The number of aromatic nitrogens is 2. The summed E-state index contributed by atoms with van der Waals surface area (Å²) in [6.45, 7) is 0.448. The Morgan fingerprint density at radius 1 is 1.48 bits per heavy atom. The molecule has 2 amide bonds. The first-order valence-corrected chi connectivity index (χ1v) is 8.37. The Morgan fingerprint density at radius 2 is 2.16 bits per heavy atom. The first-order valence-electron chi connectivity index (χ1n) is 7.99. The molecule has 0 spiro atoms.